The zero-order valence-electron chi connectivity index (χ0n) is 21.6. The molecule has 0 aromatic heterocycles. The molecule has 4 fully saturated rings. The highest BCUT2D eigenvalue weighted by molar-refractivity contribution is 5.88. The minimum atomic E-state index is -0.515. The second kappa shape index (κ2) is 8.57. The molecule has 0 radical (unpaired) electrons. The van der Waals surface area contributed by atoms with Crippen LogP contribution in [-0.2, 0) is 14.4 Å². The molecule has 3 N–H and O–H groups in total. The molecule has 33 heavy (non-hydrogen) atoms. The number of fused-ring (bicyclic) bond motifs is 5. The summed E-state index contributed by atoms with van der Waals surface area (Å²) in [5, 5.41) is 9.32. The molecule has 0 bridgehead atoms. The first-order valence-corrected chi connectivity index (χ1v) is 13.2. The molecule has 4 aliphatic rings. The van der Waals surface area contributed by atoms with Crippen LogP contribution in [0.25, 0.3) is 0 Å². The third kappa shape index (κ3) is 4.43. The van der Waals surface area contributed by atoms with Gasteiger partial charge in [0.1, 0.15) is 6.04 Å². The predicted molar refractivity (Wildman–Crippen MR) is 129 cm³/mol. The Morgan fingerprint density at radius 1 is 1.03 bits per heavy atom. The normalized spacial score (nSPS) is 41.2. The standard InChI is InChI=1S/C27H45N3O3/c1-16(23(32)28-15-25(2,3)4)29-24(33)20-9-8-18-17-7-10-21-27(6,14-12-22(31)30-21)19(17)11-13-26(18,20)5/h16-21H,7-15H2,1-6H3,(H,28,32)(H,29,33)(H,30,31)/t16?,17-,18-,19+,20?,21?,26-,27+/m0/s1. The SMILES string of the molecule is CC(NC(=O)C1CC[C@H]2[C@@H]3CCC4NC(=O)CC[C@]4(C)[C@@H]3CC[C@]12C)C(=O)NCC(C)(C)C. The van der Waals surface area contributed by atoms with Crippen molar-refractivity contribution in [2.75, 3.05) is 6.54 Å². The van der Waals surface area contributed by atoms with E-state index in [0.29, 0.717) is 36.8 Å². The number of nitrogens with one attached hydrogen (secondary N) is 3. The van der Waals surface area contributed by atoms with Gasteiger partial charge >= 0.3 is 0 Å². The minimum Gasteiger partial charge on any atom is -0.354 e. The molecule has 1 saturated heterocycles. The highest BCUT2D eigenvalue weighted by Crippen LogP contribution is 2.65. The fraction of sp³-hybridized carbons (Fsp3) is 0.889. The number of hydrogen-bond donors (Lipinski definition) is 3. The van der Waals surface area contributed by atoms with Crippen molar-refractivity contribution < 1.29 is 14.4 Å². The van der Waals surface area contributed by atoms with Crippen molar-refractivity contribution in [2.24, 2.45) is 39.9 Å². The number of carbonyl (C=O) groups excluding carboxylic acids is 3. The maximum absolute atomic E-state index is 13.4. The van der Waals surface area contributed by atoms with Crippen LogP contribution in [0.4, 0.5) is 0 Å². The zero-order valence-corrected chi connectivity index (χ0v) is 21.6. The van der Waals surface area contributed by atoms with Gasteiger partial charge in [-0.2, -0.15) is 0 Å². The van der Waals surface area contributed by atoms with Gasteiger partial charge in [-0.05, 0) is 85.9 Å². The number of hydrogen-bond acceptors (Lipinski definition) is 3. The second-order valence-corrected chi connectivity index (χ2v) is 13.3. The van der Waals surface area contributed by atoms with E-state index < -0.39 is 6.04 Å². The third-order valence-electron chi connectivity index (χ3n) is 9.96. The van der Waals surface area contributed by atoms with Gasteiger partial charge in [0.25, 0.3) is 0 Å². The maximum atomic E-state index is 13.4. The smallest absolute Gasteiger partial charge is 0.242 e. The molecule has 0 spiro atoms. The van der Waals surface area contributed by atoms with Gasteiger partial charge in [-0.1, -0.05) is 34.6 Å². The Morgan fingerprint density at radius 3 is 2.42 bits per heavy atom. The molecule has 0 aromatic carbocycles. The molecule has 3 unspecified atom stereocenters. The van der Waals surface area contributed by atoms with E-state index in [2.05, 4.69) is 50.6 Å². The molecule has 4 rings (SSSR count). The molecule has 8 atom stereocenters. The summed E-state index contributed by atoms with van der Waals surface area (Å²) in [6, 6.07) is -0.198. The van der Waals surface area contributed by atoms with E-state index in [1.807, 2.05) is 0 Å². The van der Waals surface area contributed by atoms with Gasteiger partial charge in [-0.3, -0.25) is 14.4 Å². The molecule has 0 aromatic rings. The lowest BCUT2D eigenvalue weighted by Gasteiger charge is -2.60. The van der Waals surface area contributed by atoms with Crippen LogP contribution in [0.1, 0.15) is 92.9 Å². The van der Waals surface area contributed by atoms with Crippen LogP contribution in [0.15, 0.2) is 0 Å². The van der Waals surface area contributed by atoms with Crippen molar-refractivity contribution in [3.8, 4) is 0 Å². The Balaban J connectivity index is 1.42. The quantitative estimate of drug-likeness (QED) is 0.598. The first kappa shape index (κ1) is 24.5. The highest BCUT2D eigenvalue weighted by atomic mass is 16.2. The zero-order chi connectivity index (χ0) is 24.2. The van der Waals surface area contributed by atoms with Crippen LogP contribution in [0, 0.1) is 39.9 Å². The Bertz CT molecular complexity index is 805. The predicted octanol–water partition coefficient (Wildman–Crippen LogP) is 3.79. The Hall–Kier alpha value is -1.59. The topological polar surface area (TPSA) is 87.3 Å². The van der Waals surface area contributed by atoms with Crippen LogP contribution in [-0.4, -0.2) is 36.3 Å². The van der Waals surface area contributed by atoms with Gasteiger partial charge in [-0.15, -0.1) is 0 Å². The summed E-state index contributed by atoms with van der Waals surface area (Å²) in [5.41, 5.74) is 0.215. The van der Waals surface area contributed by atoms with Crippen molar-refractivity contribution in [1.29, 1.82) is 0 Å². The van der Waals surface area contributed by atoms with Crippen molar-refractivity contribution >= 4 is 17.7 Å². The number of piperidine rings is 1. The van der Waals surface area contributed by atoms with Crippen LogP contribution < -0.4 is 16.0 Å². The molecule has 6 nitrogen and oxygen atoms in total. The van der Waals surface area contributed by atoms with Crippen molar-refractivity contribution in [2.45, 2.75) is 105 Å². The van der Waals surface area contributed by atoms with Crippen LogP contribution in [0.5, 0.6) is 0 Å². The fourth-order valence-corrected chi connectivity index (χ4v) is 8.02. The Kier molecular flexibility index (Phi) is 6.37. The lowest BCUT2D eigenvalue weighted by atomic mass is 9.47. The summed E-state index contributed by atoms with van der Waals surface area (Å²) in [6.45, 7) is 13.4. The van der Waals surface area contributed by atoms with E-state index in [9.17, 15) is 14.4 Å². The van der Waals surface area contributed by atoms with Crippen molar-refractivity contribution in [1.82, 2.24) is 16.0 Å². The number of amides is 3. The van der Waals surface area contributed by atoms with Gasteiger partial charge in [0.2, 0.25) is 17.7 Å². The molecule has 186 valence electrons. The summed E-state index contributed by atoms with van der Waals surface area (Å²) < 4.78 is 0. The summed E-state index contributed by atoms with van der Waals surface area (Å²) in [5.74, 6) is 2.00. The lowest BCUT2D eigenvalue weighted by molar-refractivity contribution is -0.142. The summed E-state index contributed by atoms with van der Waals surface area (Å²) in [7, 11) is 0. The van der Waals surface area contributed by atoms with Crippen molar-refractivity contribution in [3.63, 3.8) is 0 Å². The van der Waals surface area contributed by atoms with Crippen LogP contribution in [0.2, 0.25) is 0 Å². The molecule has 3 aliphatic carbocycles. The van der Waals surface area contributed by atoms with Gasteiger partial charge < -0.3 is 16.0 Å². The lowest BCUT2D eigenvalue weighted by Crippen LogP contribution is -2.61. The van der Waals surface area contributed by atoms with E-state index in [1.54, 1.807) is 6.92 Å². The van der Waals surface area contributed by atoms with Crippen LogP contribution >= 0.6 is 0 Å². The third-order valence-corrected chi connectivity index (χ3v) is 9.96. The fourth-order valence-electron chi connectivity index (χ4n) is 8.02. The van der Waals surface area contributed by atoms with E-state index in [0.717, 1.165) is 44.9 Å². The number of carbonyl (C=O) groups is 3. The van der Waals surface area contributed by atoms with Gasteiger partial charge in [0.15, 0.2) is 0 Å². The molecular formula is C27H45N3O3. The van der Waals surface area contributed by atoms with E-state index in [-0.39, 0.29) is 39.9 Å². The average Bonchev–Trinajstić information content (AvgIpc) is 3.09. The summed E-state index contributed by atoms with van der Waals surface area (Å²) >= 11 is 0. The van der Waals surface area contributed by atoms with E-state index in [4.69, 9.17) is 0 Å². The Morgan fingerprint density at radius 2 is 1.73 bits per heavy atom. The molecule has 6 heteroatoms. The van der Waals surface area contributed by atoms with Crippen molar-refractivity contribution in [3.05, 3.63) is 0 Å². The second-order valence-electron chi connectivity index (χ2n) is 13.3. The monoisotopic (exact) mass is 459 g/mol. The molecular weight excluding hydrogens is 414 g/mol. The number of rotatable bonds is 4. The summed E-state index contributed by atoms with van der Waals surface area (Å²) in [6.07, 6.45) is 8.11. The first-order valence-electron chi connectivity index (χ1n) is 13.2. The molecule has 1 heterocycles. The van der Waals surface area contributed by atoms with Gasteiger partial charge in [0, 0.05) is 24.9 Å². The minimum absolute atomic E-state index is 0.00790. The van der Waals surface area contributed by atoms with Gasteiger partial charge in [0.05, 0.1) is 0 Å². The summed E-state index contributed by atoms with van der Waals surface area (Å²) in [4.78, 5) is 37.9. The average molecular weight is 460 g/mol. The van der Waals surface area contributed by atoms with Gasteiger partial charge in [-0.25, -0.2) is 0 Å². The van der Waals surface area contributed by atoms with E-state index >= 15 is 0 Å². The maximum Gasteiger partial charge on any atom is 0.242 e. The molecule has 3 amide bonds. The van der Waals surface area contributed by atoms with E-state index in [1.165, 1.54) is 0 Å². The largest absolute Gasteiger partial charge is 0.354 e. The highest BCUT2D eigenvalue weighted by Gasteiger charge is 2.61. The first-order chi connectivity index (χ1) is 15.3. The Labute approximate surface area is 199 Å². The van der Waals surface area contributed by atoms with Crippen LogP contribution in [0.3, 0.4) is 0 Å². The molecule has 1 aliphatic heterocycles. The molecule has 3 saturated carbocycles.